The fourth-order valence-corrected chi connectivity index (χ4v) is 4.72. The number of aliphatic hydroxyl groups excluding tert-OH is 1. The Morgan fingerprint density at radius 3 is 2.50 bits per heavy atom. The Kier molecular flexibility index (Phi) is 5.98. The van der Waals surface area contributed by atoms with Crippen molar-refractivity contribution >= 4 is 5.91 Å². The van der Waals surface area contributed by atoms with Crippen LogP contribution in [0, 0.1) is 5.82 Å². The molecule has 1 amide bonds. The SMILES string of the molecule is C[C@@H](O[C@H]1CN2C(=O)C(O)C[C@H]2[C@@H]1c1ccc(F)cc1)c1cc(CF)cc(C(F)(F)F)c1. The normalized spacial score (nSPS) is 26.5. The van der Waals surface area contributed by atoms with E-state index < -0.39 is 54.4 Å². The monoisotopic (exact) mass is 455 g/mol. The molecule has 2 saturated heterocycles. The van der Waals surface area contributed by atoms with E-state index in [0.717, 1.165) is 12.1 Å². The van der Waals surface area contributed by atoms with E-state index in [4.69, 9.17) is 4.74 Å². The first-order chi connectivity index (χ1) is 15.1. The summed E-state index contributed by atoms with van der Waals surface area (Å²) in [6, 6.07) is 8.38. The van der Waals surface area contributed by atoms with Crippen molar-refractivity contribution in [3.63, 3.8) is 0 Å². The fourth-order valence-electron chi connectivity index (χ4n) is 4.72. The first-order valence-corrected chi connectivity index (χ1v) is 10.2. The van der Waals surface area contributed by atoms with Gasteiger partial charge in [0.2, 0.25) is 0 Å². The van der Waals surface area contributed by atoms with Gasteiger partial charge in [-0.1, -0.05) is 18.2 Å². The molecule has 0 aliphatic carbocycles. The van der Waals surface area contributed by atoms with Gasteiger partial charge in [0.25, 0.3) is 5.91 Å². The molecular weight excluding hydrogens is 433 g/mol. The van der Waals surface area contributed by atoms with Crippen molar-refractivity contribution in [2.75, 3.05) is 6.54 Å². The minimum Gasteiger partial charge on any atom is -0.383 e. The largest absolute Gasteiger partial charge is 0.416 e. The second kappa shape index (κ2) is 8.44. The van der Waals surface area contributed by atoms with Crippen LogP contribution < -0.4 is 0 Å². The highest BCUT2D eigenvalue weighted by Gasteiger charge is 2.52. The average Bonchev–Trinajstić information content (AvgIpc) is 3.23. The van der Waals surface area contributed by atoms with Gasteiger partial charge in [0.05, 0.1) is 17.8 Å². The van der Waals surface area contributed by atoms with E-state index in [1.165, 1.54) is 23.1 Å². The predicted molar refractivity (Wildman–Crippen MR) is 105 cm³/mol. The fraction of sp³-hybridized carbons (Fsp3) is 0.435. The number of carbonyl (C=O) groups excluding carboxylic acids is 1. The lowest BCUT2D eigenvalue weighted by Crippen LogP contribution is -2.32. The van der Waals surface area contributed by atoms with Gasteiger partial charge >= 0.3 is 6.18 Å². The number of carbonyl (C=O) groups is 1. The highest BCUT2D eigenvalue weighted by atomic mass is 19.4. The summed E-state index contributed by atoms with van der Waals surface area (Å²) in [7, 11) is 0. The van der Waals surface area contributed by atoms with Gasteiger partial charge in [0.1, 0.15) is 18.6 Å². The summed E-state index contributed by atoms with van der Waals surface area (Å²) in [5.74, 6) is -1.26. The third kappa shape index (κ3) is 4.23. The van der Waals surface area contributed by atoms with Gasteiger partial charge in [-0.15, -0.1) is 0 Å². The molecule has 2 aliphatic rings. The molecule has 172 valence electrons. The van der Waals surface area contributed by atoms with Crippen molar-refractivity contribution in [1.82, 2.24) is 4.90 Å². The van der Waals surface area contributed by atoms with Gasteiger partial charge < -0.3 is 14.7 Å². The molecule has 2 aromatic rings. The first-order valence-electron chi connectivity index (χ1n) is 10.2. The number of aliphatic hydroxyl groups is 1. The van der Waals surface area contributed by atoms with Crippen LogP contribution in [0.15, 0.2) is 42.5 Å². The molecule has 2 fully saturated rings. The Labute approximate surface area is 181 Å². The quantitative estimate of drug-likeness (QED) is 0.675. The molecule has 1 unspecified atom stereocenters. The van der Waals surface area contributed by atoms with E-state index in [-0.39, 0.29) is 30.1 Å². The Hall–Kier alpha value is -2.52. The first kappa shape index (κ1) is 22.7. The van der Waals surface area contributed by atoms with Crippen LogP contribution in [-0.2, 0) is 22.4 Å². The summed E-state index contributed by atoms with van der Waals surface area (Å²) in [6.07, 6.45) is -6.99. The topological polar surface area (TPSA) is 49.8 Å². The van der Waals surface area contributed by atoms with Crippen LogP contribution in [-0.4, -0.2) is 40.7 Å². The lowest BCUT2D eigenvalue weighted by atomic mass is 9.88. The molecule has 0 spiro atoms. The maximum Gasteiger partial charge on any atom is 0.416 e. The smallest absolute Gasteiger partial charge is 0.383 e. The number of halogens is 5. The minimum atomic E-state index is -4.63. The molecule has 32 heavy (non-hydrogen) atoms. The van der Waals surface area contributed by atoms with Crippen LogP contribution in [0.1, 0.15) is 47.6 Å². The predicted octanol–water partition coefficient (Wildman–Crippen LogP) is 4.52. The second-order valence-electron chi connectivity index (χ2n) is 8.30. The number of hydrogen-bond acceptors (Lipinski definition) is 3. The molecule has 2 aliphatic heterocycles. The van der Waals surface area contributed by atoms with E-state index in [2.05, 4.69) is 0 Å². The summed E-state index contributed by atoms with van der Waals surface area (Å²) in [6.45, 7) is 0.661. The molecule has 4 rings (SSSR count). The van der Waals surface area contributed by atoms with E-state index in [9.17, 15) is 31.9 Å². The Balaban J connectivity index is 1.63. The number of nitrogens with zero attached hydrogens (tertiary/aromatic N) is 1. The summed E-state index contributed by atoms with van der Waals surface area (Å²) in [4.78, 5) is 13.9. The molecule has 0 bridgehead atoms. The Morgan fingerprint density at radius 2 is 1.88 bits per heavy atom. The molecule has 0 saturated carbocycles. The van der Waals surface area contributed by atoms with E-state index in [0.29, 0.717) is 5.56 Å². The minimum absolute atomic E-state index is 0.106. The van der Waals surface area contributed by atoms with E-state index in [1.54, 1.807) is 19.1 Å². The lowest BCUT2D eigenvalue weighted by Gasteiger charge is -2.27. The van der Waals surface area contributed by atoms with Crippen LogP contribution >= 0.6 is 0 Å². The standard InChI is InChI=1S/C23H22F5NO3/c1-12(15-6-13(10-24)7-16(8-15)23(26,27)28)32-20-11-29-18(9-19(30)22(29)31)21(20)14-2-4-17(25)5-3-14/h2-8,12,18-21,30H,9-11H2,1H3/t12-,18+,19?,20+,21+/m1/s1. The number of amides is 1. The summed E-state index contributed by atoms with van der Waals surface area (Å²) >= 11 is 0. The third-order valence-electron chi connectivity index (χ3n) is 6.22. The number of benzene rings is 2. The van der Waals surface area contributed by atoms with E-state index >= 15 is 0 Å². The lowest BCUT2D eigenvalue weighted by molar-refractivity contribution is -0.138. The van der Waals surface area contributed by atoms with Gasteiger partial charge in [-0.05, 0) is 47.9 Å². The summed E-state index contributed by atoms with van der Waals surface area (Å²) in [5, 5.41) is 9.99. The molecule has 2 aromatic carbocycles. The van der Waals surface area contributed by atoms with Crippen LogP contribution in [0.3, 0.4) is 0 Å². The zero-order valence-electron chi connectivity index (χ0n) is 17.2. The van der Waals surface area contributed by atoms with Crippen LogP contribution in [0.4, 0.5) is 22.0 Å². The van der Waals surface area contributed by atoms with Crippen molar-refractivity contribution in [2.24, 2.45) is 0 Å². The van der Waals surface area contributed by atoms with Crippen molar-refractivity contribution in [1.29, 1.82) is 0 Å². The van der Waals surface area contributed by atoms with Crippen LogP contribution in [0.25, 0.3) is 0 Å². The molecule has 2 heterocycles. The number of hydrogen-bond donors (Lipinski definition) is 1. The Morgan fingerprint density at radius 1 is 1.19 bits per heavy atom. The molecule has 0 aromatic heterocycles. The van der Waals surface area contributed by atoms with Crippen molar-refractivity contribution in [3.8, 4) is 0 Å². The van der Waals surface area contributed by atoms with Crippen LogP contribution in [0.2, 0.25) is 0 Å². The highest BCUT2D eigenvalue weighted by Crippen LogP contribution is 2.43. The molecule has 0 radical (unpaired) electrons. The highest BCUT2D eigenvalue weighted by molar-refractivity contribution is 5.84. The van der Waals surface area contributed by atoms with Gasteiger partial charge in [-0.2, -0.15) is 13.2 Å². The zero-order chi connectivity index (χ0) is 23.2. The number of rotatable bonds is 5. The maximum atomic E-state index is 13.4. The molecule has 4 nitrogen and oxygen atoms in total. The van der Waals surface area contributed by atoms with Crippen molar-refractivity contribution in [3.05, 3.63) is 70.5 Å². The van der Waals surface area contributed by atoms with Crippen molar-refractivity contribution in [2.45, 2.75) is 56.5 Å². The van der Waals surface area contributed by atoms with Gasteiger partial charge in [-0.25, -0.2) is 8.78 Å². The summed E-state index contributed by atoms with van der Waals surface area (Å²) in [5.41, 5.74) is -0.195. The molecule has 9 heteroatoms. The second-order valence-corrected chi connectivity index (χ2v) is 8.30. The molecule has 5 atom stereocenters. The van der Waals surface area contributed by atoms with Gasteiger partial charge in [0.15, 0.2) is 0 Å². The zero-order valence-corrected chi connectivity index (χ0v) is 17.2. The third-order valence-corrected chi connectivity index (χ3v) is 6.22. The molecule has 1 N–H and O–H groups in total. The molecular formula is C23H22F5NO3. The van der Waals surface area contributed by atoms with Crippen molar-refractivity contribution < 1.29 is 36.6 Å². The number of alkyl halides is 4. The van der Waals surface area contributed by atoms with Crippen LogP contribution in [0.5, 0.6) is 0 Å². The van der Waals surface area contributed by atoms with E-state index in [1.807, 2.05) is 0 Å². The number of ether oxygens (including phenoxy) is 1. The van der Waals surface area contributed by atoms with Gasteiger partial charge in [0, 0.05) is 24.9 Å². The Bertz CT molecular complexity index is 994. The van der Waals surface area contributed by atoms with Gasteiger partial charge in [-0.3, -0.25) is 4.79 Å². The average molecular weight is 455 g/mol. The maximum absolute atomic E-state index is 13.4. The number of fused-ring (bicyclic) bond motifs is 1. The summed E-state index contributed by atoms with van der Waals surface area (Å²) < 4.78 is 72.5.